The van der Waals surface area contributed by atoms with Crippen molar-refractivity contribution in [1.29, 1.82) is 0 Å². The number of fused-ring (bicyclic) bond motifs is 1. The number of hydrogen-bond acceptors (Lipinski definition) is 2. The third-order valence-corrected chi connectivity index (χ3v) is 3.36. The second kappa shape index (κ2) is 5.53. The average Bonchev–Trinajstić information content (AvgIpc) is 2.64. The van der Waals surface area contributed by atoms with Crippen LogP contribution in [0.3, 0.4) is 0 Å². The Hall–Kier alpha value is -1.35. The molecule has 0 bridgehead atoms. The molecule has 1 heterocycles. The summed E-state index contributed by atoms with van der Waals surface area (Å²) in [5.74, 6) is 0.667. The van der Waals surface area contributed by atoms with Crippen molar-refractivity contribution in [1.82, 2.24) is 9.78 Å². The van der Waals surface area contributed by atoms with E-state index in [0.29, 0.717) is 5.92 Å². The second-order valence-electron chi connectivity index (χ2n) is 5.52. The summed E-state index contributed by atoms with van der Waals surface area (Å²) >= 11 is 0. The highest BCUT2D eigenvalue weighted by Gasteiger charge is 2.10. The Labute approximate surface area is 109 Å². The maximum atomic E-state index is 6.14. The minimum Gasteiger partial charge on any atom is -0.328 e. The van der Waals surface area contributed by atoms with Crippen LogP contribution in [0.2, 0.25) is 0 Å². The molecule has 0 saturated carbocycles. The number of hydrogen-bond donors (Lipinski definition) is 1. The van der Waals surface area contributed by atoms with Crippen LogP contribution in [0.4, 0.5) is 0 Å². The monoisotopic (exact) mass is 245 g/mol. The minimum atomic E-state index is 0.283. The van der Waals surface area contributed by atoms with Gasteiger partial charge in [0.1, 0.15) is 0 Å². The van der Waals surface area contributed by atoms with Crippen LogP contribution in [0.1, 0.15) is 32.4 Å². The van der Waals surface area contributed by atoms with Crippen molar-refractivity contribution >= 4 is 10.9 Å². The molecule has 2 N–H and O–H groups in total. The van der Waals surface area contributed by atoms with E-state index in [2.05, 4.69) is 43.2 Å². The van der Waals surface area contributed by atoms with Gasteiger partial charge in [-0.1, -0.05) is 32.0 Å². The molecule has 3 heteroatoms. The minimum absolute atomic E-state index is 0.283. The summed E-state index contributed by atoms with van der Waals surface area (Å²) in [5, 5.41) is 5.86. The summed E-state index contributed by atoms with van der Waals surface area (Å²) in [6.45, 7) is 4.44. The fourth-order valence-electron chi connectivity index (χ4n) is 2.52. The van der Waals surface area contributed by atoms with Gasteiger partial charge in [-0.05, 0) is 31.2 Å². The molecule has 1 aromatic heterocycles. The quantitative estimate of drug-likeness (QED) is 0.880. The lowest BCUT2D eigenvalue weighted by atomic mass is 9.99. The molecule has 0 fully saturated rings. The SMILES string of the molecule is CC(C)CC(N)CCc1nn(C)c2ccccc12. The zero-order valence-electron chi connectivity index (χ0n) is 11.6. The Morgan fingerprint density at radius 1 is 1.28 bits per heavy atom. The van der Waals surface area contributed by atoms with Gasteiger partial charge in [0.25, 0.3) is 0 Å². The van der Waals surface area contributed by atoms with E-state index in [1.807, 2.05) is 11.7 Å². The van der Waals surface area contributed by atoms with Crippen LogP contribution >= 0.6 is 0 Å². The molecule has 2 rings (SSSR count). The molecular formula is C15H23N3. The zero-order valence-corrected chi connectivity index (χ0v) is 11.6. The van der Waals surface area contributed by atoms with Gasteiger partial charge in [-0.2, -0.15) is 5.10 Å². The van der Waals surface area contributed by atoms with Crippen molar-refractivity contribution in [2.75, 3.05) is 0 Å². The van der Waals surface area contributed by atoms with Crippen molar-refractivity contribution in [3.05, 3.63) is 30.0 Å². The molecule has 1 aromatic carbocycles. The van der Waals surface area contributed by atoms with Gasteiger partial charge >= 0.3 is 0 Å². The molecule has 1 unspecified atom stereocenters. The van der Waals surface area contributed by atoms with Gasteiger partial charge in [-0.15, -0.1) is 0 Å². The smallest absolute Gasteiger partial charge is 0.0703 e. The number of aryl methyl sites for hydroxylation is 2. The van der Waals surface area contributed by atoms with Crippen LogP contribution in [-0.2, 0) is 13.5 Å². The van der Waals surface area contributed by atoms with Gasteiger partial charge < -0.3 is 5.73 Å². The summed E-state index contributed by atoms with van der Waals surface area (Å²) in [5.41, 5.74) is 8.51. The van der Waals surface area contributed by atoms with Crippen LogP contribution in [0.5, 0.6) is 0 Å². The maximum Gasteiger partial charge on any atom is 0.0703 e. The van der Waals surface area contributed by atoms with Gasteiger partial charge in [0.05, 0.1) is 11.2 Å². The summed E-state index contributed by atoms with van der Waals surface area (Å²) < 4.78 is 1.96. The molecule has 0 radical (unpaired) electrons. The Kier molecular flexibility index (Phi) is 4.02. The number of benzene rings is 1. The third kappa shape index (κ3) is 2.91. The van der Waals surface area contributed by atoms with Gasteiger partial charge in [0, 0.05) is 18.5 Å². The predicted octanol–water partition coefficient (Wildman–Crippen LogP) is 2.88. The first-order valence-corrected chi connectivity index (χ1v) is 6.74. The molecule has 0 aliphatic carbocycles. The highest BCUT2D eigenvalue weighted by Crippen LogP contribution is 2.19. The molecule has 0 saturated heterocycles. The highest BCUT2D eigenvalue weighted by molar-refractivity contribution is 5.81. The Morgan fingerprint density at radius 3 is 2.72 bits per heavy atom. The number of rotatable bonds is 5. The van der Waals surface area contributed by atoms with Gasteiger partial charge in [0.2, 0.25) is 0 Å². The lowest BCUT2D eigenvalue weighted by Gasteiger charge is -2.12. The van der Waals surface area contributed by atoms with E-state index in [1.165, 1.54) is 16.6 Å². The summed E-state index contributed by atoms with van der Waals surface area (Å²) in [4.78, 5) is 0. The fraction of sp³-hybridized carbons (Fsp3) is 0.533. The van der Waals surface area contributed by atoms with Crippen LogP contribution < -0.4 is 5.73 Å². The topological polar surface area (TPSA) is 43.8 Å². The Morgan fingerprint density at radius 2 is 2.00 bits per heavy atom. The van der Waals surface area contributed by atoms with Crippen molar-refractivity contribution in [2.45, 2.75) is 39.2 Å². The van der Waals surface area contributed by atoms with Crippen molar-refractivity contribution in [3.8, 4) is 0 Å². The van der Waals surface area contributed by atoms with E-state index in [9.17, 15) is 0 Å². The van der Waals surface area contributed by atoms with Gasteiger partial charge in [0.15, 0.2) is 0 Å². The summed E-state index contributed by atoms with van der Waals surface area (Å²) in [6.07, 6.45) is 3.07. The van der Waals surface area contributed by atoms with Crippen LogP contribution in [0.25, 0.3) is 10.9 Å². The normalized spacial score (nSPS) is 13.4. The highest BCUT2D eigenvalue weighted by atomic mass is 15.3. The standard InChI is InChI=1S/C15H23N3/c1-11(2)10-12(16)8-9-14-13-6-4-5-7-15(13)18(3)17-14/h4-7,11-12H,8-10,16H2,1-3H3. The molecule has 98 valence electrons. The molecule has 18 heavy (non-hydrogen) atoms. The maximum absolute atomic E-state index is 6.14. The van der Waals surface area contributed by atoms with Crippen LogP contribution in [0.15, 0.2) is 24.3 Å². The summed E-state index contributed by atoms with van der Waals surface area (Å²) in [6, 6.07) is 8.66. The van der Waals surface area contributed by atoms with Crippen molar-refractivity contribution in [2.24, 2.45) is 18.7 Å². The summed E-state index contributed by atoms with van der Waals surface area (Å²) in [7, 11) is 2.00. The molecular weight excluding hydrogens is 222 g/mol. The molecule has 2 aromatic rings. The van der Waals surface area contributed by atoms with E-state index >= 15 is 0 Å². The first kappa shape index (κ1) is 13.1. The molecule has 0 spiro atoms. The third-order valence-electron chi connectivity index (χ3n) is 3.36. The number of aromatic nitrogens is 2. The fourth-order valence-corrected chi connectivity index (χ4v) is 2.52. The van der Waals surface area contributed by atoms with Crippen LogP contribution in [0, 0.1) is 5.92 Å². The zero-order chi connectivity index (χ0) is 13.1. The lowest BCUT2D eigenvalue weighted by Crippen LogP contribution is -2.22. The van der Waals surface area contributed by atoms with Crippen molar-refractivity contribution < 1.29 is 0 Å². The molecule has 0 aliphatic heterocycles. The predicted molar refractivity (Wildman–Crippen MR) is 76.5 cm³/mol. The number of nitrogens with zero attached hydrogens (tertiary/aromatic N) is 2. The molecule has 0 aliphatic rings. The van der Waals surface area contributed by atoms with E-state index in [-0.39, 0.29) is 6.04 Å². The molecule has 0 amide bonds. The number of nitrogens with two attached hydrogens (primary N) is 1. The Bertz CT molecular complexity index is 513. The molecule has 1 atom stereocenters. The van der Waals surface area contributed by atoms with E-state index in [0.717, 1.165) is 19.3 Å². The van der Waals surface area contributed by atoms with E-state index in [4.69, 9.17) is 5.73 Å². The lowest BCUT2D eigenvalue weighted by molar-refractivity contribution is 0.471. The average molecular weight is 245 g/mol. The van der Waals surface area contributed by atoms with E-state index in [1.54, 1.807) is 0 Å². The largest absolute Gasteiger partial charge is 0.328 e. The van der Waals surface area contributed by atoms with E-state index < -0.39 is 0 Å². The van der Waals surface area contributed by atoms with Crippen molar-refractivity contribution in [3.63, 3.8) is 0 Å². The first-order chi connectivity index (χ1) is 8.58. The van der Waals surface area contributed by atoms with Gasteiger partial charge in [-0.25, -0.2) is 0 Å². The van der Waals surface area contributed by atoms with Gasteiger partial charge in [-0.3, -0.25) is 4.68 Å². The van der Waals surface area contributed by atoms with Crippen LogP contribution in [-0.4, -0.2) is 15.8 Å². The number of para-hydroxylation sites is 1. The first-order valence-electron chi connectivity index (χ1n) is 6.74. The molecule has 3 nitrogen and oxygen atoms in total. The second-order valence-corrected chi connectivity index (χ2v) is 5.52. The Balaban J connectivity index is 2.08.